The molecule has 1 aliphatic rings. The van der Waals surface area contributed by atoms with Crippen LogP contribution in [0.3, 0.4) is 0 Å². The molecule has 0 aromatic heterocycles. The minimum Gasteiger partial charge on any atom is -0.508 e. The van der Waals surface area contributed by atoms with Crippen molar-refractivity contribution < 1.29 is 23.4 Å². The van der Waals surface area contributed by atoms with E-state index in [0.29, 0.717) is 0 Å². The van der Waals surface area contributed by atoms with Crippen LogP contribution in [0, 0.1) is 0 Å². The molecule has 0 radical (unpaired) electrons. The predicted octanol–water partition coefficient (Wildman–Crippen LogP) is 1.81. The number of halogens is 2. The number of phenolic OH excluding ortho intramolecular Hbond substituents is 1. The van der Waals surface area contributed by atoms with E-state index in [1.165, 1.54) is 24.3 Å². The van der Waals surface area contributed by atoms with Gasteiger partial charge in [0.2, 0.25) is 0 Å². The summed E-state index contributed by atoms with van der Waals surface area (Å²) in [6.45, 7) is -0.959. The molecule has 1 amide bonds. The molecule has 0 aliphatic carbocycles. The third kappa shape index (κ3) is 1.91. The van der Waals surface area contributed by atoms with Crippen LogP contribution in [0.15, 0.2) is 24.3 Å². The largest absolute Gasteiger partial charge is 0.508 e. The fourth-order valence-corrected chi connectivity index (χ4v) is 1.54. The van der Waals surface area contributed by atoms with Gasteiger partial charge in [0, 0.05) is 0 Å². The third-order valence-corrected chi connectivity index (χ3v) is 2.28. The van der Waals surface area contributed by atoms with Gasteiger partial charge >= 0.3 is 12.0 Å². The van der Waals surface area contributed by atoms with Gasteiger partial charge in [-0.05, 0) is 17.7 Å². The van der Waals surface area contributed by atoms with Crippen molar-refractivity contribution in [3.63, 3.8) is 0 Å². The Hall–Kier alpha value is -1.85. The lowest BCUT2D eigenvalue weighted by Crippen LogP contribution is -2.49. The van der Waals surface area contributed by atoms with Gasteiger partial charge in [0.25, 0.3) is 0 Å². The van der Waals surface area contributed by atoms with E-state index in [9.17, 15) is 18.7 Å². The first-order valence-electron chi connectivity index (χ1n) is 4.59. The van der Waals surface area contributed by atoms with Gasteiger partial charge in [-0.25, -0.2) is 13.6 Å². The molecule has 0 bridgehead atoms. The van der Waals surface area contributed by atoms with Crippen molar-refractivity contribution in [3.05, 3.63) is 29.8 Å². The van der Waals surface area contributed by atoms with Gasteiger partial charge < -0.3 is 15.2 Å². The maximum atomic E-state index is 13.4. The zero-order valence-electron chi connectivity index (χ0n) is 8.11. The summed E-state index contributed by atoms with van der Waals surface area (Å²) in [6.07, 6.45) is -0.890. The first-order valence-corrected chi connectivity index (χ1v) is 4.59. The topological polar surface area (TPSA) is 58.6 Å². The molecule has 1 aliphatic heterocycles. The van der Waals surface area contributed by atoms with Crippen molar-refractivity contribution in [2.45, 2.75) is 12.0 Å². The summed E-state index contributed by atoms with van der Waals surface area (Å²) in [5.41, 5.74) is 0.140. The molecule has 86 valence electrons. The van der Waals surface area contributed by atoms with Crippen LogP contribution in [0.2, 0.25) is 0 Å². The lowest BCUT2D eigenvalue weighted by molar-refractivity contribution is -0.104. The zero-order chi connectivity index (χ0) is 11.8. The second-order valence-electron chi connectivity index (χ2n) is 3.51. The van der Waals surface area contributed by atoms with Crippen molar-refractivity contribution in [1.82, 2.24) is 5.32 Å². The Balaban J connectivity index is 2.33. The number of cyclic esters (lactones) is 1. The number of phenols is 1. The number of benzene rings is 1. The van der Waals surface area contributed by atoms with Crippen molar-refractivity contribution in [3.8, 4) is 5.75 Å². The summed E-state index contributed by atoms with van der Waals surface area (Å²) in [5.74, 6) is -3.32. The van der Waals surface area contributed by atoms with Crippen LogP contribution in [-0.4, -0.2) is 23.7 Å². The Kier molecular flexibility index (Phi) is 2.41. The lowest BCUT2D eigenvalue weighted by Gasteiger charge is -2.31. The number of alkyl halides is 2. The first-order chi connectivity index (χ1) is 7.49. The molecule has 1 saturated heterocycles. The number of nitrogens with one attached hydrogen (secondary N) is 1. The monoisotopic (exact) mass is 229 g/mol. The van der Waals surface area contributed by atoms with E-state index in [1.54, 1.807) is 0 Å². The van der Waals surface area contributed by atoms with E-state index >= 15 is 0 Å². The molecule has 1 heterocycles. The summed E-state index contributed by atoms with van der Waals surface area (Å²) >= 11 is 0. The molecule has 0 saturated carbocycles. The Morgan fingerprint density at radius 1 is 1.50 bits per heavy atom. The summed E-state index contributed by atoms with van der Waals surface area (Å²) < 4.78 is 31.1. The van der Waals surface area contributed by atoms with E-state index in [0.717, 1.165) is 0 Å². The van der Waals surface area contributed by atoms with Crippen LogP contribution >= 0.6 is 0 Å². The Morgan fingerprint density at radius 3 is 2.94 bits per heavy atom. The minimum absolute atomic E-state index is 0.131. The standard InChI is InChI=1S/C10H9F2NO3/c11-10(12)5-16-9(15)13-8(10)6-2-1-3-7(14)4-6/h1-4,8,14H,5H2,(H,13,15)/t8-/m0/s1. The molecule has 0 unspecified atom stereocenters. The lowest BCUT2D eigenvalue weighted by atomic mass is 10.00. The van der Waals surface area contributed by atoms with Crippen molar-refractivity contribution in [2.75, 3.05) is 6.61 Å². The SMILES string of the molecule is O=C1N[C@@H](c2cccc(O)c2)C(F)(F)CO1. The molecule has 1 aromatic rings. The van der Waals surface area contributed by atoms with E-state index in [4.69, 9.17) is 0 Å². The molecule has 0 spiro atoms. The molecule has 16 heavy (non-hydrogen) atoms. The Labute approximate surface area is 89.8 Å². The molecule has 1 fully saturated rings. The summed E-state index contributed by atoms with van der Waals surface area (Å²) in [6, 6.07) is 3.92. The number of alkyl carbamates (subject to hydrolysis) is 1. The van der Waals surface area contributed by atoms with Crippen molar-refractivity contribution >= 4 is 6.09 Å². The molecule has 4 nitrogen and oxygen atoms in total. The van der Waals surface area contributed by atoms with Gasteiger partial charge in [-0.2, -0.15) is 0 Å². The minimum atomic E-state index is -3.19. The van der Waals surface area contributed by atoms with E-state index in [-0.39, 0.29) is 11.3 Å². The Morgan fingerprint density at radius 2 is 2.25 bits per heavy atom. The first kappa shape index (κ1) is 10.7. The van der Waals surface area contributed by atoms with Gasteiger partial charge in [-0.3, -0.25) is 0 Å². The number of aromatic hydroxyl groups is 1. The number of amides is 1. The molecule has 1 aromatic carbocycles. The fourth-order valence-electron chi connectivity index (χ4n) is 1.54. The second-order valence-corrected chi connectivity index (χ2v) is 3.51. The van der Waals surface area contributed by atoms with Crippen LogP contribution in [-0.2, 0) is 4.74 Å². The number of carbonyl (C=O) groups excluding carboxylic acids is 1. The summed E-state index contributed by atoms with van der Waals surface area (Å²) in [7, 11) is 0. The molecule has 1 atom stereocenters. The number of hydrogen-bond donors (Lipinski definition) is 2. The van der Waals surface area contributed by atoms with Crippen LogP contribution in [0.5, 0.6) is 5.75 Å². The van der Waals surface area contributed by atoms with Crippen molar-refractivity contribution in [1.29, 1.82) is 0 Å². The number of ether oxygens (including phenoxy) is 1. The van der Waals surface area contributed by atoms with Crippen LogP contribution in [0.4, 0.5) is 13.6 Å². The van der Waals surface area contributed by atoms with Crippen LogP contribution < -0.4 is 5.32 Å². The summed E-state index contributed by atoms with van der Waals surface area (Å²) in [4.78, 5) is 10.9. The van der Waals surface area contributed by atoms with Crippen molar-refractivity contribution in [2.24, 2.45) is 0 Å². The predicted molar refractivity (Wildman–Crippen MR) is 50.3 cm³/mol. The fraction of sp³-hybridized carbons (Fsp3) is 0.300. The molecule has 2 N–H and O–H groups in total. The number of rotatable bonds is 1. The van der Waals surface area contributed by atoms with E-state index in [1.807, 2.05) is 5.32 Å². The van der Waals surface area contributed by atoms with E-state index < -0.39 is 24.7 Å². The highest BCUT2D eigenvalue weighted by atomic mass is 19.3. The average Bonchev–Trinajstić information content (AvgIpc) is 2.22. The molecule has 2 rings (SSSR count). The maximum Gasteiger partial charge on any atom is 0.408 e. The molecular formula is C10H9F2NO3. The smallest absolute Gasteiger partial charge is 0.408 e. The quantitative estimate of drug-likeness (QED) is 0.772. The second kappa shape index (κ2) is 3.62. The van der Waals surface area contributed by atoms with Gasteiger partial charge in [-0.15, -0.1) is 0 Å². The van der Waals surface area contributed by atoms with Gasteiger partial charge in [0.05, 0.1) is 0 Å². The third-order valence-electron chi connectivity index (χ3n) is 2.28. The van der Waals surface area contributed by atoms with Crippen LogP contribution in [0.1, 0.15) is 11.6 Å². The maximum absolute atomic E-state index is 13.4. The zero-order valence-corrected chi connectivity index (χ0v) is 8.11. The van der Waals surface area contributed by atoms with E-state index in [2.05, 4.69) is 4.74 Å². The highest BCUT2D eigenvalue weighted by Gasteiger charge is 2.46. The highest BCUT2D eigenvalue weighted by molar-refractivity contribution is 5.69. The summed E-state index contributed by atoms with van der Waals surface area (Å²) in [5, 5.41) is 11.2. The highest BCUT2D eigenvalue weighted by Crippen LogP contribution is 2.35. The van der Waals surface area contributed by atoms with Gasteiger partial charge in [0.15, 0.2) is 6.61 Å². The molecular weight excluding hydrogens is 220 g/mol. The van der Waals surface area contributed by atoms with Gasteiger partial charge in [-0.1, -0.05) is 12.1 Å². The van der Waals surface area contributed by atoms with Gasteiger partial charge in [0.1, 0.15) is 11.8 Å². The Bertz CT molecular complexity index is 422. The number of hydrogen-bond acceptors (Lipinski definition) is 3. The molecule has 6 heteroatoms. The normalized spacial score (nSPS) is 23.4. The number of carbonyl (C=O) groups is 1. The average molecular weight is 229 g/mol. The van der Waals surface area contributed by atoms with Crippen LogP contribution in [0.25, 0.3) is 0 Å².